The molecule has 0 bridgehead atoms. The second kappa shape index (κ2) is 6.95. The molecular weight excluding hydrogens is 306 g/mol. The molecule has 114 valence electrons. The van der Waals surface area contributed by atoms with Crippen molar-refractivity contribution in [2.75, 3.05) is 12.4 Å². The highest BCUT2D eigenvalue weighted by Gasteiger charge is 2.09. The standard InChI is InChI=1S/C16H14ClNO4/c1-22-14-7-4-11(9-13(14)17)16(21)18-12-5-2-10(3-6-12)8-15(19)20/h2-7,9H,8H2,1H3,(H,18,21)(H,19,20). The number of ether oxygens (including phenoxy) is 1. The summed E-state index contributed by atoms with van der Waals surface area (Å²) in [5.74, 6) is -0.712. The Morgan fingerprint density at radius 3 is 2.41 bits per heavy atom. The molecule has 0 spiro atoms. The van der Waals surface area contributed by atoms with Gasteiger partial charge in [0.1, 0.15) is 5.75 Å². The predicted molar refractivity (Wildman–Crippen MR) is 83.7 cm³/mol. The number of nitrogens with one attached hydrogen (secondary N) is 1. The van der Waals surface area contributed by atoms with Crippen LogP contribution in [-0.2, 0) is 11.2 Å². The fourth-order valence-corrected chi connectivity index (χ4v) is 2.15. The number of carboxylic acid groups (broad SMARTS) is 1. The molecule has 0 aliphatic heterocycles. The highest BCUT2D eigenvalue weighted by atomic mass is 35.5. The Morgan fingerprint density at radius 1 is 1.18 bits per heavy atom. The zero-order valence-electron chi connectivity index (χ0n) is 11.8. The lowest BCUT2D eigenvalue weighted by atomic mass is 10.1. The summed E-state index contributed by atoms with van der Waals surface area (Å²) in [5.41, 5.74) is 1.64. The van der Waals surface area contributed by atoms with Crippen molar-refractivity contribution >= 4 is 29.2 Å². The molecule has 0 heterocycles. The third kappa shape index (κ3) is 3.99. The second-order valence-electron chi connectivity index (χ2n) is 4.57. The van der Waals surface area contributed by atoms with Gasteiger partial charge in [-0.3, -0.25) is 9.59 Å². The first-order chi connectivity index (χ1) is 10.5. The number of halogens is 1. The number of aliphatic carboxylic acids is 1. The van der Waals surface area contributed by atoms with E-state index in [2.05, 4.69) is 5.32 Å². The highest BCUT2D eigenvalue weighted by molar-refractivity contribution is 6.32. The van der Waals surface area contributed by atoms with Gasteiger partial charge in [-0.2, -0.15) is 0 Å². The summed E-state index contributed by atoms with van der Waals surface area (Å²) in [6.07, 6.45) is -0.0533. The SMILES string of the molecule is COc1ccc(C(=O)Nc2ccc(CC(=O)O)cc2)cc1Cl. The Kier molecular flexibility index (Phi) is 5.01. The average Bonchev–Trinajstić information content (AvgIpc) is 2.48. The first-order valence-electron chi connectivity index (χ1n) is 6.45. The van der Waals surface area contributed by atoms with Crippen molar-refractivity contribution in [1.82, 2.24) is 0 Å². The van der Waals surface area contributed by atoms with E-state index in [1.54, 1.807) is 36.4 Å². The molecule has 0 aliphatic rings. The Balaban J connectivity index is 2.08. The topological polar surface area (TPSA) is 75.6 Å². The quantitative estimate of drug-likeness (QED) is 0.887. The maximum absolute atomic E-state index is 12.1. The zero-order valence-corrected chi connectivity index (χ0v) is 12.6. The van der Waals surface area contributed by atoms with E-state index in [0.717, 1.165) is 0 Å². The normalized spacial score (nSPS) is 10.1. The van der Waals surface area contributed by atoms with Gasteiger partial charge in [0.25, 0.3) is 5.91 Å². The van der Waals surface area contributed by atoms with Gasteiger partial charge in [-0.15, -0.1) is 0 Å². The Hall–Kier alpha value is -2.53. The Labute approximate surface area is 132 Å². The highest BCUT2D eigenvalue weighted by Crippen LogP contribution is 2.25. The number of anilines is 1. The van der Waals surface area contributed by atoms with Crippen LogP contribution in [0.25, 0.3) is 0 Å². The summed E-state index contributed by atoms with van der Waals surface area (Å²) in [5, 5.41) is 11.8. The van der Waals surface area contributed by atoms with E-state index in [-0.39, 0.29) is 12.3 Å². The second-order valence-corrected chi connectivity index (χ2v) is 4.98. The predicted octanol–water partition coefficient (Wildman–Crippen LogP) is 3.23. The molecule has 1 amide bonds. The van der Waals surface area contributed by atoms with Crippen LogP contribution in [0.2, 0.25) is 5.02 Å². The summed E-state index contributed by atoms with van der Waals surface area (Å²) < 4.78 is 5.03. The molecule has 0 fully saturated rings. The summed E-state index contributed by atoms with van der Waals surface area (Å²) in [7, 11) is 1.50. The van der Waals surface area contributed by atoms with Crippen LogP contribution in [0.15, 0.2) is 42.5 Å². The smallest absolute Gasteiger partial charge is 0.307 e. The summed E-state index contributed by atoms with van der Waals surface area (Å²) in [6, 6.07) is 11.4. The Bertz CT molecular complexity index is 698. The molecule has 0 saturated carbocycles. The number of carbonyl (C=O) groups is 2. The number of benzene rings is 2. The summed E-state index contributed by atoms with van der Waals surface area (Å²) in [4.78, 5) is 22.7. The molecule has 2 N–H and O–H groups in total. The number of methoxy groups -OCH3 is 1. The van der Waals surface area contributed by atoms with Crippen LogP contribution in [0.1, 0.15) is 15.9 Å². The van der Waals surface area contributed by atoms with Gasteiger partial charge in [-0.25, -0.2) is 0 Å². The van der Waals surface area contributed by atoms with Gasteiger partial charge in [0.15, 0.2) is 0 Å². The number of rotatable bonds is 5. The lowest BCUT2D eigenvalue weighted by Crippen LogP contribution is -2.12. The molecule has 0 unspecified atom stereocenters. The molecule has 0 saturated heterocycles. The maximum atomic E-state index is 12.1. The molecule has 0 atom stereocenters. The van der Waals surface area contributed by atoms with Crippen molar-refractivity contribution in [3.8, 4) is 5.75 Å². The van der Waals surface area contributed by atoms with Crippen LogP contribution in [0.3, 0.4) is 0 Å². The molecule has 0 aliphatic carbocycles. The van der Waals surface area contributed by atoms with Crippen LogP contribution in [-0.4, -0.2) is 24.1 Å². The monoisotopic (exact) mass is 319 g/mol. The van der Waals surface area contributed by atoms with E-state index < -0.39 is 5.97 Å². The summed E-state index contributed by atoms with van der Waals surface area (Å²) >= 11 is 5.99. The van der Waals surface area contributed by atoms with Crippen LogP contribution < -0.4 is 10.1 Å². The van der Waals surface area contributed by atoms with E-state index in [0.29, 0.717) is 27.6 Å². The van der Waals surface area contributed by atoms with Gasteiger partial charge < -0.3 is 15.2 Å². The average molecular weight is 320 g/mol. The first-order valence-corrected chi connectivity index (χ1v) is 6.83. The van der Waals surface area contributed by atoms with Gasteiger partial charge in [-0.05, 0) is 35.9 Å². The fraction of sp³-hybridized carbons (Fsp3) is 0.125. The van der Waals surface area contributed by atoms with Crippen molar-refractivity contribution in [1.29, 1.82) is 0 Å². The van der Waals surface area contributed by atoms with Gasteiger partial charge >= 0.3 is 5.97 Å². The minimum Gasteiger partial charge on any atom is -0.495 e. The number of carboxylic acids is 1. The summed E-state index contributed by atoms with van der Waals surface area (Å²) in [6.45, 7) is 0. The van der Waals surface area contributed by atoms with Gasteiger partial charge in [-0.1, -0.05) is 23.7 Å². The molecule has 6 heteroatoms. The van der Waals surface area contributed by atoms with Gasteiger partial charge in [0.05, 0.1) is 18.6 Å². The van der Waals surface area contributed by atoms with Crippen molar-refractivity contribution in [3.63, 3.8) is 0 Å². The van der Waals surface area contributed by atoms with Gasteiger partial charge in [0.2, 0.25) is 0 Å². The molecule has 0 radical (unpaired) electrons. The van der Waals surface area contributed by atoms with E-state index in [1.165, 1.54) is 13.2 Å². The minimum atomic E-state index is -0.898. The van der Waals surface area contributed by atoms with E-state index in [4.69, 9.17) is 21.4 Å². The van der Waals surface area contributed by atoms with Crippen LogP contribution in [0.4, 0.5) is 5.69 Å². The molecule has 2 aromatic rings. The van der Waals surface area contributed by atoms with Crippen LogP contribution >= 0.6 is 11.6 Å². The van der Waals surface area contributed by atoms with E-state index in [1.807, 2.05) is 0 Å². The number of hydrogen-bond donors (Lipinski definition) is 2. The first kappa shape index (κ1) is 15.9. The van der Waals surface area contributed by atoms with E-state index >= 15 is 0 Å². The maximum Gasteiger partial charge on any atom is 0.307 e. The van der Waals surface area contributed by atoms with E-state index in [9.17, 15) is 9.59 Å². The molecule has 5 nitrogen and oxygen atoms in total. The zero-order chi connectivity index (χ0) is 16.1. The van der Waals surface area contributed by atoms with Gasteiger partial charge in [0, 0.05) is 11.3 Å². The third-order valence-corrected chi connectivity index (χ3v) is 3.28. The van der Waals surface area contributed by atoms with Crippen LogP contribution in [0.5, 0.6) is 5.75 Å². The number of amides is 1. The molecule has 0 aromatic heterocycles. The van der Waals surface area contributed by atoms with Crippen LogP contribution in [0, 0.1) is 0 Å². The molecule has 22 heavy (non-hydrogen) atoms. The third-order valence-electron chi connectivity index (χ3n) is 2.98. The van der Waals surface area contributed by atoms with Crippen molar-refractivity contribution < 1.29 is 19.4 Å². The lowest BCUT2D eigenvalue weighted by molar-refractivity contribution is -0.136. The van der Waals surface area contributed by atoms with Crippen molar-refractivity contribution in [2.45, 2.75) is 6.42 Å². The minimum absolute atomic E-state index is 0.0533. The largest absolute Gasteiger partial charge is 0.495 e. The Morgan fingerprint density at radius 2 is 1.86 bits per heavy atom. The molecule has 2 rings (SSSR count). The van der Waals surface area contributed by atoms with Crippen molar-refractivity contribution in [3.05, 3.63) is 58.6 Å². The fourth-order valence-electron chi connectivity index (χ4n) is 1.89. The number of hydrogen-bond acceptors (Lipinski definition) is 3. The molecular formula is C16H14ClNO4. The number of carbonyl (C=O) groups excluding carboxylic acids is 1. The molecule has 2 aromatic carbocycles. The lowest BCUT2D eigenvalue weighted by Gasteiger charge is -2.08. The van der Waals surface area contributed by atoms with Crippen molar-refractivity contribution in [2.24, 2.45) is 0 Å².